The summed E-state index contributed by atoms with van der Waals surface area (Å²) in [5.41, 5.74) is 12.2. The van der Waals surface area contributed by atoms with E-state index in [1.54, 1.807) is 67.3 Å². The zero-order valence-corrected chi connectivity index (χ0v) is 23.6. The minimum Gasteiger partial charge on any atom is -0.415 e. The van der Waals surface area contributed by atoms with Crippen LogP contribution in [0.1, 0.15) is 39.5 Å². The van der Waals surface area contributed by atoms with Gasteiger partial charge in [0.15, 0.2) is 5.78 Å². The number of hydrogen-bond acceptors (Lipinski definition) is 9. The Hall–Kier alpha value is -3.44. The predicted octanol–water partition coefficient (Wildman–Crippen LogP) is 2.61. The van der Waals surface area contributed by atoms with Gasteiger partial charge in [-0.1, -0.05) is 0 Å². The third kappa shape index (κ3) is 7.19. The third-order valence-electron chi connectivity index (χ3n) is 6.76. The standard InChI is InChI=1S/C27H37N6O6P/c1-17(28)25(34)31-19-7-11-21(12-8-19)38-40(37,24-6-4-16-33(24)27(36)23-5-3-15-30-23)39-22-13-9-20(10-14-22)32-26(35)18(2)29/h7-14,17-18,23-24,30H,3-6,15-16,28-29H2,1-2H3,(H,31,34)(H,32,35). The second-order valence-electron chi connectivity index (χ2n) is 10.1. The van der Waals surface area contributed by atoms with Crippen molar-refractivity contribution in [2.24, 2.45) is 11.5 Å². The van der Waals surface area contributed by atoms with Gasteiger partial charge >= 0.3 is 7.60 Å². The van der Waals surface area contributed by atoms with E-state index in [0.717, 1.165) is 19.4 Å². The van der Waals surface area contributed by atoms with Gasteiger partial charge in [-0.3, -0.25) is 14.4 Å². The van der Waals surface area contributed by atoms with Crippen LogP contribution in [0.4, 0.5) is 11.4 Å². The van der Waals surface area contributed by atoms with Gasteiger partial charge in [-0.15, -0.1) is 0 Å². The highest BCUT2D eigenvalue weighted by molar-refractivity contribution is 7.55. The number of carbonyl (C=O) groups excluding carboxylic acids is 3. The molecular weight excluding hydrogens is 535 g/mol. The van der Waals surface area contributed by atoms with Gasteiger partial charge in [0.1, 0.15) is 11.5 Å². The van der Waals surface area contributed by atoms with Crippen molar-refractivity contribution in [3.63, 3.8) is 0 Å². The highest BCUT2D eigenvalue weighted by atomic mass is 31.2. The molecule has 0 spiro atoms. The average molecular weight is 573 g/mol. The smallest absolute Gasteiger partial charge is 0.415 e. The van der Waals surface area contributed by atoms with E-state index in [-0.39, 0.29) is 35.3 Å². The lowest BCUT2D eigenvalue weighted by Crippen LogP contribution is -2.46. The van der Waals surface area contributed by atoms with Crippen LogP contribution in [0, 0.1) is 0 Å². The van der Waals surface area contributed by atoms with E-state index < -0.39 is 25.5 Å². The summed E-state index contributed by atoms with van der Waals surface area (Å²) in [7, 11) is -4.02. The maximum absolute atomic E-state index is 14.6. The molecule has 2 heterocycles. The van der Waals surface area contributed by atoms with Crippen molar-refractivity contribution in [1.82, 2.24) is 10.2 Å². The van der Waals surface area contributed by atoms with Gasteiger partial charge in [0.05, 0.1) is 18.1 Å². The lowest BCUT2D eigenvalue weighted by atomic mass is 10.2. The van der Waals surface area contributed by atoms with Crippen molar-refractivity contribution in [3.05, 3.63) is 48.5 Å². The summed E-state index contributed by atoms with van der Waals surface area (Å²) in [6, 6.07) is 11.0. The van der Waals surface area contributed by atoms with Gasteiger partial charge < -0.3 is 41.4 Å². The Kier molecular flexibility index (Phi) is 9.47. The molecule has 0 bridgehead atoms. The normalized spacial score (nSPS) is 21.6. The number of nitrogens with zero attached hydrogens (tertiary/aromatic N) is 1. The fourth-order valence-corrected chi connectivity index (χ4v) is 6.76. The third-order valence-corrected chi connectivity index (χ3v) is 8.96. The molecule has 2 aromatic carbocycles. The minimum absolute atomic E-state index is 0.115. The molecule has 2 aliphatic heterocycles. The number of anilines is 2. The van der Waals surface area contributed by atoms with Crippen LogP contribution in [0.15, 0.2) is 48.5 Å². The van der Waals surface area contributed by atoms with Gasteiger partial charge in [-0.2, -0.15) is 0 Å². The SMILES string of the molecule is CC(N)C(=O)Nc1ccc(OP(=O)(Oc2ccc(NC(=O)C(C)N)cc2)C2CCCN2C(=O)C2CCCN2)cc1. The van der Waals surface area contributed by atoms with Gasteiger partial charge in [0.2, 0.25) is 17.7 Å². The topological polar surface area (TPSA) is 178 Å². The number of hydrogen-bond donors (Lipinski definition) is 5. The fraction of sp³-hybridized carbons (Fsp3) is 0.444. The van der Waals surface area contributed by atoms with E-state index in [1.165, 1.54) is 0 Å². The second-order valence-corrected chi connectivity index (χ2v) is 12.2. The summed E-state index contributed by atoms with van der Waals surface area (Å²) in [6.07, 6.45) is 2.72. The number of nitrogens with two attached hydrogens (primary N) is 2. The first kappa shape index (κ1) is 29.5. The average Bonchev–Trinajstić information content (AvgIpc) is 3.64. The summed E-state index contributed by atoms with van der Waals surface area (Å²) in [4.78, 5) is 38.8. The van der Waals surface area contributed by atoms with E-state index in [9.17, 15) is 18.9 Å². The zero-order chi connectivity index (χ0) is 28.9. The van der Waals surface area contributed by atoms with Crippen LogP contribution in [-0.2, 0) is 18.9 Å². The molecule has 2 aliphatic rings. The molecule has 3 amide bonds. The molecule has 7 N–H and O–H groups in total. The van der Waals surface area contributed by atoms with Crippen LogP contribution in [0.3, 0.4) is 0 Å². The van der Waals surface area contributed by atoms with Crippen molar-refractivity contribution in [3.8, 4) is 11.5 Å². The number of likely N-dealkylation sites (tertiary alicyclic amines) is 1. The quantitative estimate of drug-likeness (QED) is 0.268. The lowest BCUT2D eigenvalue weighted by Gasteiger charge is -2.32. The van der Waals surface area contributed by atoms with Crippen LogP contribution in [0.25, 0.3) is 0 Å². The summed E-state index contributed by atoms with van der Waals surface area (Å²) in [5.74, 6) is -1.09. The monoisotopic (exact) mass is 572 g/mol. The maximum atomic E-state index is 14.6. The molecule has 13 heteroatoms. The van der Waals surface area contributed by atoms with Crippen molar-refractivity contribution in [2.45, 2.75) is 63.4 Å². The zero-order valence-electron chi connectivity index (χ0n) is 22.7. The van der Waals surface area contributed by atoms with Gasteiger partial charge in [-0.05, 0) is 94.6 Å². The molecule has 2 aromatic rings. The maximum Gasteiger partial charge on any atom is 0.453 e. The van der Waals surface area contributed by atoms with Crippen molar-refractivity contribution >= 4 is 36.7 Å². The lowest BCUT2D eigenvalue weighted by molar-refractivity contribution is -0.132. The van der Waals surface area contributed by atoms with Crippen LogP contribution >= 0.6 is 7.60 Å². The van der Waals surface area contributed by atoms with E-state index >= 15 is 0 Å². The van der Waals surface area contributed by atoms with E-state index in [0.29, 0.717) is 30.8 Å². The second kappa shape index (κ2) is 12.8. The van der Waals surface area contributed by atoms with Gasteiger partial charge in [0, 0.05) is 17.9 Å². The molecule has 12 nitrogen and oxygen atoms in total. The van der Waals surface area contributed by atoms with Crippen LogP contribution in [0.2, 0.25) is 0 Å². The Morgan fingerprint density at radius 2 is 1.38 bits per heavy atom. The van der Waals surface area contributed by atoms with Crippen LogP contribution < -0.4 is 36.5 Å². The first-order chi connectivity index (χ1) is 19.1. The fourth-order valence-electron chi connectivity index (χ4n) is 4.58. The molecule has 2 fully saturated rings. The summed E-state index contributed by atoms with van der Waals surface area (Å²) >= 11 is 0. The predicted molar refractivity (Wildman–Crippen MR) is 152 cm³/mol. The molecule has 2 saturated heterocycles. The Balaban J connectivity index is 1.58. The van der Waals surface area contributed by atoms with E-state index in [1.807, 2.05) is 0 Å². The molecule has 0 saturated carbocycles. The Bertz CT molecular complexity index is 1180. The summed E-state index contributed by atoms with van der Waals surface area (Å²) in [5, 5.41) is 8.59. The molecule has 40 heavy (non-hydrogen) atoms. The van der Waals surface area contributed by atoms with E-state index in [2.05, 4.69) is 16.0 Å². The molecule has 4 rings (SSSR count). The van der Waals surface area contributed by atoms with Crippen molar-refractivity contribution < 1.29 is 28.0 Å². The van der Waals surface area contributed by atoms with Gasteiger partial charge in [-0.25, -0.2) is 4.57 Å². The molecule has 0 aliphatic carbocycles. The molecule has 4 atom stereocenters. The number of benzene rings is 2. The first-order valence-corrected chi connectivity index (χ1v) is 15.0. The molecule has 0 radical (unpaired) electrons. The van der Waals surface area contributed by atoms with Crippen molar-refractivity contribution in [2.75, 3.05) is 23.7 Å². The number of amides is 3. The summed E-state index contributed by atoms with van der Waals surface area (Å²) in [6.45, 7) is 4.37. The highest BCUT2D eigenvalue weighted by Gasteiger charge is 2.49. The summed E-state index contributed by atoms with van der Waals surface area (Å²) < 4.78 is 26.7. The first-order valence-electron chi connectivity index (χ1n) is 13.4. The molecule has 4 unspecified atom stereocenters. The Morgan fingerprint density at radius 1 is 0.875 bits per heavy atom. The van der Waals surface area contributed by atoms with Crippen LogP contribution in [0.5, 0.6) is 11.5 Å². The Morgan fingerprint density at radius 3 is 1.80 bits per heavy atom. The molecule has 0 aromatic heterocycles. The van der Waals surface area contributed by atoms with Crippen LogP contribution in [-0.4, -0.2) is 59.6 Å². The number of carbonyl (C=O) groups is 3. The number of rotatable bonds is 10. The van der Waals surface area contributed by atoms with Crippen molar-refractivity contribution in [1.29, 1.82) is 0 Å². The minimum atomic E-state index is -4.02. The largest absolute Gasteiger partial charge is 0.453 e. The molecule has 216 valence electrons. The number of nitrogens with one attached hydrogen (secondary N) is 3. The molecular formula is C27H37N6O6P. The highest BCUT2D eigenvalue weighted by Crippen LogP contribution is 2.57. The van der Waals surface area contributed by atoms with Gasteiger partial charge in [0.25, 0.3) is 0 Å². The Labute approximate surface area is 233 Å². The van der Waals surface area contributed by atoms with E-state index in [4.69, 9.17) is 20.5 Å².